The number of hydrogen-bond donors (Lipinski definition) is 1. The largest absolute Gasteiger partial charge is 0.494 e. The number of rotatable bonds is 6. The molecular weight excluding hydrogens is 408 g/mol. The maximum Gasteiger partial charge on any atom is 0.194 e. The predicted molar refractivity (Wildman–Crippen MR) is 111 cm³/mol. The number of aliphatic hydroxyl groups is 1. The van der Waals surface area contributed by atoms with Gasteiger partial charge in [-0.25, -0.2) is 0 Å². The quantitative estimate of drug-likeness (QED) is 0.701. The van der Waals surface area contributed by atoms with Crippen LogP contribution >= 0.6 is 11.6 Å². The van der Waals surface area contributed by atoms with Gasteiger partial charge in [-0.1, -0.05) is 23.7 Å². The summed E-state index contributed by atoms with van der Waals surface area (Å²) in [4.78, 5) is 13.0. The molecule has 30 heavy (non-hydrogen) atoms. The van der Waals surface area contributed by atoms with Gasteiger partial charge in [0.05, 0.1) is 6.61 Å². The third-order valence-corrected chi connectivity index (χ3v) is 5.60. The summed E-state index contributed by atoms with van der Waals surface area (Å²) in [7, 11) is 0. The zero-order valence-corrected chi connectivity index (χ0v) is 17.9. The summed E-state index contributed by atoms with van der Waals surface area (Å²) in [6, 6.07) is 12.8. The van der Waals surface area contributed by atoms with Crippen molar-refractivity contribution in [2.24, 2.45) is 0 Å². The fourth-order valence-corrected chi connectivity index (χ4v) is 4.01. The van der Waals surface area contributed by atoms with E-state index in [2.05, 4.69) is 0 Å². The maximum absolute atomic E-state index is 13.0. The third-order valence-electron chi connectivity index (χ3n) is 5.23. The van der Waals surface area contributed by atoms with Crippen LogP contribution in [-0.2, 0) is 20.6 Å². The molecule has 0 aliphatic carbocycles. The lowest BCUT2D eigenvalue weighted by Gasteiger charge is -2.22. The van der Waals surface area contributed by atoms with E-state index >= 15 is 0 Å². The molecule has 0 bridgehead atoms. The van der Waals surface area contributed by atoms with Gasteiger partial charge in [-0.05, 0) is 68.7 Å². The Labute approximate surface area is 180 Å². The molecule has 0 spiro atoms. The van der Waals surface area contributed by atoms with Gasteiger partial charge in [-0.15, -0.1) is 0 Å². The van der Waals surface area contributed by atoms with Gasteiger partial charge < -0.3 is 24.1 Å². The van der Waals surface area contributed by atoms with E-state index in [4.69, 9.17) is 30.5 Å². The lowest BCUT2D eigenvalue weighted by Crippen LogP contribution is -2.38. The molecule has 2 unspecified atom stereocenters. The molecule has 0 aromatic heterocycles. The van der Waals surface area contributed by atoms with Gasteiger partial charge in [0.1, 0.15) is 18.0 Å². The fourth-order valence-electron chi connectivity index (χ4n) is 3.83. The second-order valence-electron chi connectivity index (χ2n) is 7.94. The lowest BCUT2D eigenvalue weighted by molar-refractivity contribution is -0.208. The van der Waals surface area contributed by atoms with Crippen LogP contribution in [0.15, 0.2) is 42.5 Å². The summed E-state index contributed by atoms with van der Waals surface area (Å²) >= 11 is 6.37. The highest BCUT2D eigenvalue weighted by Crippen LogP contribution is 2.38. The molecule has 4 atom stereocenters. The molecule has 2 aliphatic rings. The van der Waals surface area contributed by atoms with Gasteiger partial charge in [0.2, 0.25) is 0 Å². The second kappa shape index (κ2) is 8.29. The third kappa shape index (κ3) is 4.24. The van der Waals surface area contributed by atoms with Crippen LogP contribution in [0.5, 0.6) is 5.75 Å². The Balaban J connectivity index is 1.50. The van der Waals surface area contributed by atoms with Crippen molar-refractivity contribution in [2.75, 3.05) is 6.61 Å². The van der Waals surface area contributed by atoms with Gasteiger partial charge in [0, 0.05) is 10.6 Å². The number of benzene rings is 2. The summed E-state index contributed by atoms with van der Waals surface area (Å²) in [6.07, 6.45) is -3.04. The van der Waals surface area contributed by atoms with Crippen molar-refractivity contribution in [1.29, 1.82) is 0 Å². The van der Waals surface area contributed by atoms with Crippen molar-refractivity contribution in [3.63, 3.8) is 0 Å². The van der Waals surface area contributed by atoms with Gasteiger partial charge >= 0.3 is 0 Å². The molecule has 4 rings (SSSR count). The molecule has 6 nitrogen and oxygen atoms in total. The number of Topliss-reactive ketones (excluding diaryl/α,β-unsaturated/α-hetero) is 1. The highest BCUT2D eigenvalue weighted by Gasteiger charge is 2.56. The average Bonchev–Trinajstić information content (AvgIpc) is 3.17. The highest BCUT2D eigenvalue weighted by atomic mass is 35.5. The van der Waals surface area contributed by atoms with Crippen LogP contribution in [0.2, 0.25) is 5.02 Å². The fraction of sp³-hybridized carbons (Fsp3) is 0.435. The van der Waals surface area contributed by atoms with Gasteiger partial charge in [-0.3, -0.25) is 4.79 Å². The lowest BCUT2D eigenvalue weighted by atomic mass is 9.97. The first kappa shape index (κ1) is 21.3. The molecular formula is C23H25ClO6. The van der Waals surface area contributed by atoms with Crippen LogP contribution in [0, 0.1) is 0 Å². The standard InChI is InChI=1S/C23H25ClO6/c1-4-27-16-8-5-13(6-9-16)11-15-12-14(7-10-17(15)24)18(25)20-19(26)21-22(28-20)30-23(2,3)29-21/h5-10,12,19-22,26H,4,11H2,1-3H3/t19?,20?,21-,22+/m0/s1. The van der Waals surface area contributed by atoms with Gasteiger partial charge in [-0.2, -0.15) is 0 Å². The molecule has 0 amide bonds. The van der Waals surface area contributed by atoms with E-state index in [9.17, 15) is 9.90 Å². The number of carbonyl (C=O) groups is 1. The molecule has 2 saturated heterocycles. The maximum atomic E-state index is 13.0. The molecule has 0 saturated carbocycles. The average molecular weight is 433 g/mol. The molecule has 2 aromatic rings. The molecule has 7 heteroatoms. The van der Waals surface area contributed by atoms with Crippen molar-refractivity contribution in [3.8, 4) is 5.75 Å². The van der Waals surface area contributed by atoms with Crippen molar-refractivity contribution in [1.82, 2.24) is 0 Å². The van der Waals surface area contributed by atoms with Crippen LogP contribution in [-0.4, -0.2) is 47.9 Å². The monoisotopic (exact) mass is 432 g/mol. The zero-order chi connectivity index (χ0) is 21.5. The summed E-state index contributed by atoms with van der Waals surface area (Å²) in [5, 5.41) is 11.1. The number of carbonyl (C=O) groups excluding carboxylic acids is 1. The molecule has 160 valence electrons. The van der Waals surface area contributed by atoms with E-state index < -0.39 is 30.4 Å². The topological polar surface area (TPSA) is 74.2 Å². The number of fused-ring (bicyclic) bond motifs is 1. The first-order chi connectivity index (χ1) is 14.3. The second-order valence-corrected chi connectivity index (χ2v) is 8.35. The van der Waals surface area contributed by atoms with Crippen molar-refractivity contribution < 1.29 is 28.8 Å². The van der Waals surface area contributed by atoms with Gasteiger partial charge in [0.25, 0.3) is 0 Å². The highest BCUT2D eigenvalue weighted by molar-refractivity contribution is 6.31. The predicted octanol–water partition coefficient (Wildman–Crippen LogP) is 3.75. The minimum atomic E-state index is -1.10. The minimum Gasteiger partial charge on any atom is -0.494 e. The van der Waals surface area contributed by atoms with E-state index in [-0.39, 0.29) is 5.78 Å². The summed E-state index contributed by atoms with van der Waals surface area (Å²) < 4.78 is 22.4. The summed E-state index contributed by atoms with van der Waals surface area (Å²) in [5.74, 6) is -0.372. The Morgan fingerprint density at radius 1 is 1.17 bits per heavy atom. The smallest absolute Gasteiger partial charge is 0.194 e. The molecule has 2 heterocycles. The van der Waals surface area contributed by atoms with Crippen LogP contribution in [0.25, 0.3) is 0 Å². The van der Waals surface area contributed by atoms with Crippen LogP contribution in [0.3, 0.4) is 0 Å². The SMILES string of the molecule is CCOc1ccc(Cc2cc(C(=O)C3O[C@@H]4OC(C)(C)O[C@H]4C3O)ccc2Cl)cc1. The molecule has 2 aromatic carbocycles. The van der Waals surface area contributed by atoms with E-state index in [1.165, 1.54) is 0 Å². The normalized spacial score (nSPS) is 27.1. The molecule has 0 radical (unpaired) electrons. The first-order valence-electron chi connectivity index (χ1n) is 10.0. The van der Waals surface area contributed by atoms with E-state index in [1.807, 2.05) is 31.2 Å². The van der Waals surface area contributed by atoms with Crippen molar-refractivity contribution >= 4 is 17.4 Å². The van der Waals surface area contributed by atoms with E-state index in [0.29, 0.717) is 23.6 Å². The zero-order valence-electron chi connectivity index (χ0n) is 17.1. The molecule has 2 aliphatic heterocycles. The van der Waals surface area contributed by atoms with E-state index in [0.717, 1.165) is 16.9 Å². The Morgan fingerprint density at radius 2 is 1.90 bits per heavy atom. The number of halogens is 1. The van der Waals surface area contributed by atoms with Crippen LogP contribution in [0.1, 0.15) is 42.3 Å². The Morgan fingerprint density at radius 3 is 2.57 bits per heavy atom. The molecule has 2 fully saturated rings. The number of ether oxygens (including phenoxy) is 4. The Hall–Kier alpha value is -1.96. The Bertz CT molecular complexity index is 926. The van der Waals surface area contributed by atoms with Crippen LogP contribution in [0.4, 0.5) is 0 Å². The van der Waals surface area contributed by atoms with Crippen molar-refractivity contribution in [3.05, 3.63) is 64.2 Å². The Kier molecular flexibility index (Phi) is 5.88. The minimum absolute atomic E-state index is 0.327. The summed E-state index contributed by atoms with van der Waals surface area (Å²) in [6.45, 7) is 6.03. The number of hydrogen-bond acceptors (Lipinski definition) is 6. The summed E-state index contributed by atoms with van der Waals surface area (Å²) in [5.41, 5.74) is 2.28. The number of ketones is 1. The van der Waals surface area contributed by atoms with Gasteiger partial charge in [0.15, 0.2) is 24.0 Å². The van der Waals surface area contributed by atoms with E-state index in [1.54, 1.807) is 32.0 Å². The first-order valence-corrected chi connectivity index (χ1v) is 10.4. The number of aliphatic hydroxyl groups excluding tert-OH is 1. The van der Waals surface area contributed by atoms with Crippen molar-refractivity contribution in [2.45, 2.75) is 57.6 Å². The van der Waals surface area contributed by atoms with Crippen LogP contribution < -0.4 is 4.74 Å². The molecule has 1 N–H and O–H groups in total.